The van der Waals surface area contributed by atoms with Gasteiger partial charge in [-0.15, -0.1) is 0 Å². The zero-order valence-electron chi connectivity index (χ0n) is 19.4. The van der Waals surface area contributed by atoms with E-state index in [1.54, 1.807) is 30.2 Å². The minimum atomic E-state index is -0.631. The molecular weight excluding hydrogens is 457 g/mol. The van der Waals surface area contributed by atoms with Crippen molar-refractivity contribution < 1.29 is 9.18 Å². The van der Waals surface area contributed by atoms with Crippen LogP contribution in [0, 0.1) is 5.82 Å². The first-order valence-corrected chi connectivity index (χ1v) is 11.6. The highest BCUT2D eigenvalue weighted by atomic mass is 32.2. The van der Waals surface area contributed by atoms with Crippen LogP contribution in [0.5, 0.6) is 0 Å². The molecule has 34 heavy (non-hydrogen) atoms. The second kappa shape index (κ2) is 8.90. The second-order valence-electron chi connectivity index (χ2n) is 8.68. The minimum absolute atomic E-state index is 0.0608. The summed E-state index contributed by atoms with van der Waals surface area (Å²) in [5, 5.41) is 10.6. The number of benzene rings is 1. The number of urea groups is 1. The predicted octanol–water partition coefficient (Wildman–Crippen LogP) is 4.45. The summed E-state index contributed by atoms with van der Waals surface area (Å²) in [7, 11) is 1.62. The van der Waals surface area contributed by atoms with Crippen molar-refractivity contribution in [1.82, 2.24) is 24.3 Å². The first-order valence-electron chi connectivity index (χ1n) is 10.4. The lowest BCUT2D eigenvalue weighted by Crippen LogP contribution is -2.22. The van der Waals surface area contributed by atoms with Gasteiger partial charge in [-0.05, 0) is 50.8 Å². The Labute approximate surface area is 199 Å². The standard InChI is InChI=1S/C23H24FN7O2S/c1-23(2,3)31-12-15(11-26-31)27-21(33)28-18-9-13(6-7-17(18)24)16-8-14-10-25-22(34-5)29-19(14)30(4)20(16)32/h6-12H,1-5H3,(H2,27,28,33). The van der Waals surface area contributed by atoms with Crippen molar-refractivity contribution in [3.8, 4) is 11.1 Å². The van der Waals surface area contributed by atoms with Gasteiger partial charge in [0.25, 0.3) is 5.56 Å². The Hall–Kier alpha value is -3.73. The summed E-state index contributed by atoms with van der Waals surface area (Å²) in [5.74, 6) is -0.630. The molecule has 0 saturated heterocycles. The molecule has 2 N–H and O–H groups in total. The van der Waals surface area contributed by atoms with Gasteiger partial charge in [0.05, 0.1) is 23.1 Å². The molecule has 0 saturated carbocycles. The Morgan fingerprint density at radius 1 is 1.15 bits per heavy atom. The number of carbonyl (C=O) groups excluding carboxylic acids is 1. The molecule has 1 aromatic carbocycles. The molecule has 9 nitrogen and oxygen atoms in total. The molecule has 0 radical (unpaired) electrons. The van der Waals surface area contributed by atoms with Gasteiger partial charge in [0.2, 0.25) is 0 Å². The van der Waals surface area contributed by atoms with Crippen molar-refractivity contribution in [3.63, 3.8) is 0 Å². The normalized spacial score (nSPS) is 11.6. The van der Waals surface area contributed by atoms with E-state index in [2.05, 4.69) is 25.7 Å². The third kappa shape index (κ3) is 4.65. The highest BCUT2D eigenvalue weighted by Gasteiger charge is 2.17. The molecule has 2 amide bonds. The van der Waals surface area contributed by atoms with Crippen molar-refractivity contribution in [2.75, 3.05) is 16.9 Å². The largest absolute Gasteiger partial charge is 0.323 e. The van der Waals surface area contributed by atoms with E-state index >= 15 is 0 Å². The first-order chi connectivity index (χ1) is 16.1. The molecule has 0 fully saturated rings. The highest BCUT2D eigenvalue weighted by Crippen LogP contribution is 2.26. The second-order valence-corrected chi connectivity index (χ2v) is 9.45. The van der Waals surface area contributed by atoms with E-state index in [1.807, 2.05) is 27.0 Å². The van der Waals surface area contributed by atoms with E-state index < -0.39 is 11.8 Å². The fourth-order valence-corrected chi connectivity index (χ4v) is 3.70. The molecule has 11 heteroatoms. The van der Waals surface area contributed by atoms with Gasteiger partial charge in [0.15, 0.2) is 5.16 Å². The zero-order chi connectivity index (χ0) is 24.6. The number of fused-ring (bicyclic) bond motifs is 1. The maximum atomic E-state index is 14.5. The maximum Gasteiger partial charge on any atom is 0.323 e. The fraction of sp³-hybridized carbons (Fsp3) is 0.261. The third-order valence-corrected chi connectivity index (χ3v) is 5.72. The summed E-state index contributed by atoms with van der Waals surface area (Å²) in [6, 6.07) is 5.16. The van der Waals surface area contributed by atoms with Crippen LogP contribution in [0.3, 0.4) is 0 Å². The van der Waals surface area contributed by atoms with Crippen LogP contribution in [0.25, 0.3) is 22.2 Å². The number of nitrogens with one attached hydrogen (secondary N) is 2. The molecule has 176 valence electrons. The molecule has 0 aliphatic carbocycles. The number of thioether (sulfide) groups is 1. The van der Waals surface area contributed by atoms with Gasteiger partial charge in [-0.3, -0.25) is 14.0 Å². The quantitative estimate of drug-likeness (QED) is 0.329. The summed E-state index contributed by atoms with van der Waals surface area (Å²) in [4.78, 5) is 34.2. The average molecular weight is 482 g/mol. The summed E-state index contributed by atoms with van der Waals surface area (Å²) in [5.41, 5.74) is 1.16. The number of aromatic nitrogens is 5. The van der Waals surface area contributed by atoms with E-state index in [0.29, 0.717) is 33.0 Å². The van der Waals surface area contributed by atoms with E-state index in [-0.39, 0.29) is 16.8 Å². The molecule has 4 rings (SSSR count). The van der Waals surface area contributed by atoms with Crippen LogP contribution in [-0.4, -0.2) is 36.6 Å². The van der Waals surface area contributed by atoms with Crippen molar-refractivity contribution in [2.24, 2.45) is 7.05 Å². The molecule has 0 atom stereocenters. The molecule has 3 heterocycles. The number of halogens is 1. The van der Waals surface area contributed by atoms with Gasteiger partial charge in [-0.2, -0.15) is 5.10 Å². The van der Waals surface area contributed by atoms with Crippen LogP contribution in [0.1, 0.15) is 20.8 Å². The van der Waals surface area contributed by atoms with E-state index in [0.717, 1.165) is 0 Å². The van der Waals surface area contributed by atoms with Crippen molar-refractivity contribution in [1.29, 1.82) is 0 Å². The van der Waals surface area contributed by atoms with E-state index in [4.69, 9.17) is 0 Å². The third-order valence-electron chi connectivity index (χ3n) is 5.16. The average Bonchev–Trinajstić information content (AvgIpc) is 3.26. The highest BCUT2D eigenvalue weighted by molar-refractivity contribution is 7.98. The topological polar surface area (TPSA) is 107 Å². The summed E-state index contributed by atoms with van der Waals surface area (Å²) < 4.78 is 17.6. The summed E-state index contributed by atoms with van der Waals surface area (Å²) in [6.07, 6.45) is 6.70. The van der Waals surface area contributed by atoms with Crippen molar-refractivity contribution >= 4 is 40.2 Å². The summed E-state index contributed by atoms with van der Waals surface area (Å²) in [6.45, 7) is 5.95. The Bertz CT molecular complexity index is 1460. The van der Waals surface area contributed by atoms with Crippen LogP contribution < -0.4 is 16.2 Å². The van der Waals surface area contributed by atoms with Gasteiger partial charge in [-0.25, -0.2) is 19.2 Å². The van der Waals surface area contributed by atoms with Crippen LogP contribution in [-0.2, 0) is 12.6 Å². The Morgan fingerprint density at radius 3 is 2.59 bits per heavy atom. The number of aryl methyl sites for hydroxylation is 1. The smallest absolute Gasteiger partial charge is 0.305 e. The lowest BCUT2D eigenvalue weighted by atomic mass is 10.1. The van der Waals surface area contributed by atoms with E-state index in [1.165, 1.54) is 40.7 Å². The van der Waals surface area contributed by atoms with Crippen LogP contribution >= 0.6 is 11.8 Å². The van der Waals surface area contributed by atoms with Crippen molar-refractivity contribution in [3.05, 3.63) is 59.0 Å². The van der Waals surface area contributed by atoms with Crippen LogP contribution in [0.4, 0.5) is 20.6 Å². The molecule has 0 unspecified atom stereocenters. The maximum absolute atomic E-state index is 14.5. The van der Waals surface area contributed by atoms with Gasteiger partial charge in [0.1, 0.15) is 11.5 Å². The Morgan fingerprint density at radius 2 is 1.91 bits per heavy atom. The molecule has 0 spiro atoms. The summed E-state index contributed by atoms with van der Waals surface area (Å²) >= 11 is 1.38. The number of hydrogen-bond donors (Lipinski definition) is 2. The molecule has 4 aromatic rings. The number of hydrogen-bond acceptors (Lipinski definition) is 6. The lowest BCUT2D eigenvalue weighted by molar-refractivity contribution is 0.262. The number of nitrogens with zero attached hydrogens (tertiary/aromatic N) is 5. The van der Waals surface area contributed by atoms with E-state index in [9.17, 15) is 14.0 Å². The fourth-order valence-electron chi connectivity index (χ4n) is 3.36. The first kappa shape index (κ1) is 23.4. The Balaban J connectivity index is 1.63. The van der Waals surface area contributed by atoms with Gasteiger partial charge >= 0.3 is 6.03 Å². The molecular formula is C23H24FN7O2S. The monoisotopic (exact) mass is 481 g/mol. The Kier molecular flexibility index (Phi) is 6.13. The molecule has 3 aromatic heterocycles. The SMILES string of the molecule is CSc1ncc2cc(-c3ccc(F)c(NC(=O)Nc4cnn(C(C)(C)C)c4)c3)c(=O)n(C)c2n1. The minimum Gasteiger partial charge on any atom is -0.305 e. The number of rotatable bonds is 4. The van der Waals surface area contributed by atoms with Crippen LogP contribution in [0.15, 0.2) is 52.8 Å². The van der Waals surface area contributed by atoms with Crippen LogP contribution in [0.2, 0.25) is 0 Å². The molecule has 0 aliphatic heterocycles. The number of carbonyl (C=O) groups is 1. The van der Waals surface area contributed by atoms with Gasteiger partial charge in [-0.1, -0.05) is 17.8 Å². The van der Waals surface area contributed by atoms with Gasteiger partial charge < -0.3 is 10.6 Å². The molecule has 0 bridgehead atoms. The number of anilines is 2. The van der Waals surface area contributed by atoms with Crippen molar-refractivity contribution in [2.45, 2.75) is 31.5 Å². The van der Waals surface area contributed by atoms with Gasteiger partial charge in [0, 0.05) is 30.4 Å². The lowest BCUT2D eigenvalue weighted by Gasteiger charge is -2.18. The number of pyridine rings is 1. The molecule has 0 aliphatic rings. The number of amides is 2. The zero-order valence-corrected chi connectivity index (χ0v) is 20.2. The predicted molar refractivity (Wildman–Crippen MR) is 132 cm³/mol.